The normalized spacial score (nSPS) is 7.40. The molecule has 0 rings (SSSR count). The van der Waals surface area contributed by atoms with Gasteiger partial charge in [-0.15, -0.1) is 0 Å². The number of carboxylic acids is 1. The van der Waals surface area contributed by atoms with Gasteiger partial charge in [-0.1, -0.05) is 0 Å². The van der Waals surface area contributed by atoms with Crippen molar-refractivity contribution in [2.45, 2.75) is 13.8 Å². The maximum absolute atomic E-state index is 9.63. The Kier molecular flexibility index (Phi) is 13.0. The quantitative estimate of drug-likeness (QED) is 0.579. The molecule has 0 atom stereocenters. The van der Waals surface area contributed by atoms with Crippen molar-refractivity contribution in [3.05, 3.63) is 0 Å². The fraction of sp³-hybridized carbons (Fsp3) is 0.667. The molecule has 0 saturated carbocycles. The lowest BCUT2D eigenvalue weighted by atomic mass is 10.7. The fourth-order valence-corrected chi connectivity index (χ4v) is 0.189. The maximum atomic E-state index is 9.63. The van der Waals surface area contributed by atoms with Crippen LogP contribution in [0.2, 0.25) is 0 Å². The van der Waals surface area contributed by atoms with Crippen LogP contribution in [-0.4, -0.2) is 30.5 Å². The summed E-state index contributed by atoms with van der Waals surface area (Å²) in [5.74, 6) is -0.915. The van der Waals surface area contributed by atoms with Gasteiger partial charge in [0.2, 0.25) is 0 Å². The monoisotopic (exact) mass is 147 g/mol. The first-order valence-corrected chi connectivity index (χ1v) is 2.93. The standard InChI is InChI=1S/C4H8O3.C2H5N/c1-2-7-3-4(5)6;1-2-3/h2-3H2,1H3,(H,5,6);2-3H,1H3. The second-order valence-corrected chi connectivity index (χ2v) is 1.32. The molecule has 10 heavy (non-hydrogen) atoms. The van der Waals surface area contributed by atoms with Gasteiger partial charge in [-0.2, -0.15) is 0 Å². The van der Waals surface area contributed by atoms with Crippen molar-refractivity contribution in [2.24, 2.45) is 0 Å². The van der Waals surface area contributed by atoms with Crippen LogP contribution in [0.3, 0.4) is 0 Å². The molecular weight excluding hydrogens is 134 g/mol. The number of aliphatic carboxylic acids is 1. The first-order valence-electron chi connectivity index (χ1n) is 2.93. The van der Waals surface area contributed by atoms with Gasteiger partial charge in [0.05, 0.1) is 0 Å². The zero-order valence-electron chi connectivity index (χ0n) is 6.26. The zero-order chi connectivity index (χ0) is 8.41. The van der Waals surface area contributed by atoms with Crippen LogP contribution in [0.25, 0.3) is 0 Å². The number of rotatable bonds is 3. The second-order valence-electron chi connectivity index (χ2n) is 1.32. The second kappa shape index (κ2) is 11.0. The van der Waals surface area contributed by atoms with Gasteiger partial charge in [0.15, 0.2) is 0 Å². The molecule has 0 amide bonds. The summed E-state index contributed by atoms with van der Waals surface area (Å²) < 4.78 is 4.50. The molecule has 0 aliphatic rings. The van der Waals surface area contributed by atoms with E-state index in [1.54, 1.807) is 13.8 Å². The number of nitrogens with one attached hydrogen (secondary N) is 1. The lowest BCUT2D eigenvalue weighted by molar-refractivity contribution is -0.142. The number of carbonyl (C=O) groups is 1. The van der Waals surface area contributed by atoms with Crippen LogP contribution in [-0.2, 0) is 9.53 Å². The summed E-state index contributed by atoms with van der Waals surface area (Å²) in [6, 6.07) is 0. The van der Waals surface area contributed by atoms with Gasteiger partial charge in [-0.3, -0.25) is 0 Å². The van der Waals surface area contributed by atoms with Crippen molar-refractivity contribution >= 4 is 12.2 Å². The molecule has 0 aliphatic carbocycles. The van der Waals surface area contributed by atoms with Crippen molar-refractivity contribution in [1.29, 1.82) is 5.41 Å². The van der Waals surface area contributed by atoms with Gasteiger partial charge in [-0.05, 0) is 20.1 Å². The fourth-order valence-electron chi connectivity index (χ4n) is 0.189. The molecule has 0 radical (unpaired) electrons. The van der Waals surface area contributed by atoms with Crippen LogP contribution in [0.4, 0.5) is 0 Å². The third-order valence-corrected chi connectivity index (χ3v) is 0.430. The average Bonchev–Trinajstić information content (AvgIpc) is 1.85. The summed E-state index contributed by atoms with van der Waals surface area (Å²) in [4.78, 5) is 9.63. The van der Waals surface area contributed by atoms with E-state index in [0.717, 1.165) is 0 Å². The predicted octanol–water partition coefficient (Wildman–Crippen LogP) is 0.763. The van der Waals surface area contributed by atoms with E-state index in [0.29, 0.717) is 6.61 Å². The molecule has 0 aliphatic heterocycles. The Morgan fingerprint density at radius 2 is 2.20 bits per heavy atom. The van der Waals surface area contributed by atoms with E-state index in [4.69, 9.17) is 10.5 Å². The molecule has 0 bridgehead atoms. The highest BCUT2D eigenvalue weighted by Crippen LogP contribution is 1.69. The number of carboxylic acid groups (broad SMARTS) is 1. The summed E-state index contributed by atoms with van der Waals surface area (Å²) in [5.41, 5.74) is 0. The molecule has 4 nitrogen and oxygen atoms in total. The van der Waals surface area contributed by atoms with Crippen LogP contribution in [0.15, 0.2) is 0 Å². The highest BCUT2D eigenvalue weighted by atomic mass is 16.5. The molecule has 0 fully saturated rings. The van der Waals surface area contributed by atoms with Gasteiger partial charge in [0.25, 0.3) is 0 Å². The average molecular weight is 147 g/mol. The van der Waals surface area contributed by atoms with Crippen LogP contribution in [0.5, 0.6) is 0 Å². The zero-order valence-corrected chi connectivity index (χ0v) is 6.26. The van der Waals surface area contributed by atoms with Gasteiger partial charge in [0, 0.05) is 6.61 Å². The molecule has 0 unspecified atom stereocenters. The van der Waals surface area contributed by atoms with Gasteiger partial charge in [-0.25, -0.2) is 4.79 Å². The molecule has 0 aromatic heterocycles. The highest BCUT2D eigenvalue weighted by molar-refractivity contribution is 5.67. The minimum atomic E-state index is -0.915. The molecule has 60 valence electrons. The Hall–Kier alpha value is -0.900. The van der Waals surface area contributed by atoms with Crippen molar-refractivity contribution < 1.29 is 14.6 Å². The summed E-state index contributed by atoms with van der Waals surface area (Å²) >= 11 is 0. The first-order chi connectivity index (χ1) is 4.68. The van der Waals surface area contributed by atoms with Crippen molar-refractivity contribution in [3.8, 4) is 0 Å². The van der Waals surface area contributed by atoms with Crippen LogP contribution >= 0.6 is 0 Å². The van der Waals surface area contributed by atoms with Crippen molar-refractivity contribution in [2.75, 3.05) is 13.2 Å². The largest absolute Gasteiger partial charge is 0.480 e. The van der Waals surface area contributed by atoms with Crippen molar-refractivity contribution in [3.63, 3.8) is 0 Å². The Labute approximate surface area is 60.3 Å². The van der Waals surface area contributed by atoms with E-state index in [-0.39, 0.29) is 6.61 Å². The number of ether oxygens (including phenoxy) is 1. The molecule has 0 saturated heterocycles. The summed E-state index contributed by atoms with van der Waals surface area (Å²) in [7, 11) is 0. The van der Waals surface area contributed by atoms with Crippen molar-refractivity contribution in [1.82, 2.24) is 0 Å². The molecule has 0 aromatic rings. The molecule has 4 heteroatoms. The molecule has 0 heterocycles. The maximum Gasteiger partial charge on any atom is 0.329 e. The van der Waals surface area contributed by atoms with E-state index in [1.165, 1.54) is 6.21 Å². The lowest BCUT2D eigenvalue weighted by Gasteiger charge is -1.90. The van der Waals surface area contributed by atoms with Gasteiger partial charge in [0.1, 0.15) is 6.61 Å². The van der Waals surface area contributed by atoms with E-state index in [9.17, 15) is 4.79 Å². The number of hydrogen-bond donors (Lipinski definition) is 2. The SMILES string of the molecule is CC=N.CCOCC(=O)O. The highest BCUT2D eigenvalue weighted by Gasteiger charge is 1.90. The lowest BCUT2D eigenvalue weighted by Crippen LogP contribution is -2.05. The van der Waals surface area contributed by atoms with E-state index in [2.05, 4.69) is 4.74 Å². The van der Waals surface area contributed by atoms with Crippen LogP contribution in [0, 0.1) is 5.41 Å². The minimum Gasteiger partial charge on any atom is -0.480 e. The third kappa shape index (κ3) is 27.5. The summed E-state index contributed by atoms with van der Waals surface area (Å²) in [6.07, 6.45) is 1.25. The summed E-state index contributed by atoms with van der Waals surface area (Å²) in [5, 5.41) is 14.0. The Bertz CT molecular complexity index is 93.0. The Morgan fingerprint density at radius 1 is 1.80 bits per heavy atom. The topological polar surface area (TPSA) is 70.4 Å². The molecule has 2 N–H and O–H groups in total. The molecular formula is C6H13NO3. The van der Waals surface area contributed by atoms with Gasteiger partial charge >= 0.3 is 5.97 Å². The number of hydrogen-bond acceptors (Lipinski definition) is 3. The van der Waals surface area contributed by atoms with E-state index >= 15 is 0 Å². The summed E-state index contributed by atoms with van der Waals surface area (Å²) in [6.45, 7) is 3.70. The smallest absolute Gasteiger partial charge is 0.329 e. The minimum absolute atomic E-state index is 0.184. The van der Waals surface area contributed by atoms with E-state index in [1.807, 2.05) is 0 Å². The van der Waals surface area contributed by atoms with E-state index < -0.39 is 5.97 Å². The van der Waals surface area contributed by atoms with Gasteiger partial charge < -0.3 is 15.3 Å². The first kappa shape index (κ1) is 11.8. The third-order valence-electron chi connectivity index (χ3n) is 0.430. The molecule has 0 spiro atoms. The Morgan fingerprint density at radius 3 is 2.30 bits per heavy atom. The van der Waals surface area contributed by atoms with Crippen LogP contribution in [0.1, 0.15) is 13.8 Å². The Balaban J connectivity index is 0. The predicted molar refractivity (Wildman–Crippen MR) is 38.6 cm³/mol. The van der Waals surface area contributed by atoms with Crippen LogP contribution < -0.4 is 0 Å². The molecule has 0 aromatic carbocycles.